The predicted octanol–water partition coefficient (Wildman–Crippen LogP) is 1.38. The van der Waals surface area contributed by atoms with Crippen molar-refractivity contribution in [3.8, 4) is 0 Å². The number of hydrogen-bond acceptors (Lipinski definition) is 4. The number of rotatable bonds is 7. The van der Waals surface area contributed by atoms with E-state index in [2.05, 4.69) is 5.32 Å². The maximum absolute atomic E-state index is 12.6. The quantitative estimate of drug-likeness (QED) is 0.757. The van der Waals surface area contributed by atoms with E-state index in [9.17, 15) is 18.0 Å². The molecule has 1 heterocycles. The second-order valence-corrected chi connectivity index (χ2v) is 8.29. The van der Waals surface area contributed by atoms with Crippen LogP contribution in [0.4, 0.5) is 0 Å². The van der Waals surface area contributed by atoms with Gasteiger partial charge in [0.05, 0.1) is 17.7 Å². The molecule has 1 aliphatic heterocycles. The number of piperidine rings is 1. The number of hydrogen-bond donors (Lipinski definition) is 2. The lowest BCUT2D eigenvalue weighted by atomic mass is 10.1. The fraction of sp³-hybridized carbons (Fsp3) is 0.529. The van der Waals surface area contributed by atoms with Gasteiger partial charge in [-0.1, -0.05) is 18.6 Å². The molecule has 1 aromatic carbocycles. The lowest BCUT2D eigenvalue weighted by Crippen LogP contribution is -2.35. The highest BCUT2D eigenvalue weighted by atomic mass is 32.2. The number of carboxylic acid groups (broad SMARTS) is 1. The van der Waals surface area contributed by atoms with Crippen LogP contribution in [0.2, 0.25) is 0 Å². The number of nitrogens with zero attached hydrogens (tertiary/aromatic N) is 1. The van der Waals surface area contributed by atoms with Gasteiger partial charge in [-0.3, -0.25) is 9.59 Å². The Morgan fingerprint density at radius 2 is 1.76 bits per heavy atom. The molecule has 2 N–H and O–H groups in total. The number of benzene rings is 1. The van der Waals surface area contributed by atoms with Crippen LogP contribution in [0.1, 0.15) is 38.2 Å². The molecule has 7 nitrogen and oxygen atoms in total. The molecule has 1 unspecified atom stereocenters. The van der Waals surface area contributed by atoms with E-state index in [4.69, 9.17) is 5.11 Å². The summed E-state index contributed by atoms with van der Waals surface area (Å²) >= 11 is 0. The van der Waals surface area contributed by atoms with Gasteiger partial charge in [-0.05, 0) is 37.5 Å². The Hall–Kier alpha value is -1.93. The molecule has 0 bridgehead atoms. The molecule has 0 aromatic heterocycles. The van der Waals surface area contributed by atoms with Crippen LogP contribution in [0.25, 0.3) is 0 Å². The summed E-state index contributed by atoms with van der Waals surface area (Å²) in [6.45, 7) is 2.72. The molecule has 2 rings (SSSR count). The van der Waals surface area contributed by atoms with Gasteiger partial charge in [-0.2, -0.15) is 4.31 Å². The van der Waals surface area contributed by atoms with Crippen LogP contribution in [0.5, 0.6) is 0 Å². The highest BCUT2D eigenvalue weighted by molar-refractivity contribution is 7.89. The van der Waals surface area contributed by atoms with Crippen LogP contribution >= 0.6 is 0 Å². The van der Waals surface area contributed by atoms with Crippen LogP contribution in [0, 0.1) is 0 Å². The summed E-state index contributed by atoms with van der Waals surface area (Å²) in [5.74, 6) is -1.26. The first-order valence-electron chi connectivity index (χ1n) is 8.39. The standard InChI is InChI=1S/C17H24N2O5S/c1-13(11-17(21)22)18-16(20)12-14-5-7-15(8-6-14)25(23,24)19-9-3-2-4-10-19/h5-8,13H,2-4,9-12H2,1H3,(H,18,20)(H,21,22). The van der Waals surface area contributed by atoms with E-state index in [1.165, 1.54) is 16.4 Å². The smallest absolute Gasteiger partial charge is 0.305 e. The van der Waals surface area contributed by atoms with Crippen LogP contribution in [-0.4, -0.2) is 48.8 Å². The zero-order valence-corrected chi connectivity index (χ0v) is 15.1. The van der Waals surface area contributed by atoms with Crippen molar-refractivity contribution in [2.24, 2.45) is 0 Å². The van der Waals surface area contributed by atoms with Crippen LogP contribution in [0.15, 0.2) is 29.2 Å². The molecule has 138 valence electrons. The molecule has 1 amide bonds. The Bertz CT molecular complexity index is 709. The second kappa shape index (κ2) is 8.44. The Balaban J connectivity index is 1.97. The first-order valence-corrected chi connectivity index (χ1v) is 9.83. The summed E-state index contributed by atoms with van der Waals surface area (Å²) in [7, 11) is -3.47. The van der Waals surface area contributed by atoms with Gasteiger partial charge in [0.25, 0.3) is 0 Å². The van der Waals surface area contributed by atoms with E-state index in [1.807, 2.05) is 0 Å². The van der Waals surface area contributed by atoms with Gasteiger partial charge < -0.3 is 10.4 Å². The van der Waals surface area contributed by atoms with Gasteiger partial charge in [-0.25, -0.2) is 8.42 Å². The van der Waals surface area contributed by atoms with E-state index in [0.29, 0.717) is 18.7 Å². The molecular weight excluding hydrogens is 344 g/mol. The third kappa shape index (κ3) is 5.54. The number of carbonyl (C=O) groups is 2. The summed E-state index contributed by atoms with van der Waals surface area (Å²) in [4.78, 5) is 22.7. The molecule has 1 saturated heterocycles. The van der Waals surface area contributed by atoms with Crippen molar-refractivity contribution in [1.82, 2.24) is 9.62 Å². The average Bonchev–Trinajstić information content (AvgIpc) is 2.55. The van der Waals surface area contributed by atoms with E-state index in [-0.39, 0.29) is 23.6 Å². The van der Waals surface area contributed by atoms with Crippen LogP contribution in [-0.2, 0) is 26.0 Å². The zero-order chi connectivity index (χ0) is 18.4. The molecule has 1 aromatic rings. The van der Waals surface area contributed by atoms with Gasteiger partial charge in [0.2, 0.25) is 15.9 Å². The number of sulfonamides is 1. The fourth-order valence-corrected chi connectivity index (χ4v) is 4.37. The molecule has 1 aliphatic rings. The van der Waals surface area contributed by atoms with Crippen LogP contribution < -0.4 is 5.32 Å². The van der Waals surface area contributed by atoms with Crippen LogP contribution in [0.3, 0.4) is 0 Å². The van der Waals surface area contributed by atoms with Gasteiger partial charge in [-0.15, -0.1) is 0 Å². The summed E-state index contributed by atoms with van der Waals surface area (Å²) < 4.78 is 26.6. The lowest BCUT2D eigenvalue weighted by Gasteiger charge is -2.25. The summed E-state index contributed by atoms with van der Waals surface area (Å²) in [6.07, 6.45) is 2.76. The Kier molecular flexibility index (Phi) is 6.55. The van der Waals surface area contributed by atoms with Crippen molar-refractivity contribution in [3.63, 3.8) is 0 Å². The molecule has 25 heavy (non-hydrogen) atoms. The van der Waals surface area contributed by atoms with Crippen molar-refractivity contribution < 1.29 is 23.1 Å². The second-order valence-electron chi connectivity index (χ2n) is 6.35. The van der Waals surface area contributed by atoms with Gasteiger partial charge in [0.15, 0.2) is 0 Å². The van der Waals surface area contributed by atoms with E-state index in [0.717, 1.165) is 19.3 Å². The molecule has 0 aliphatic carbocycles. The van der Waals surface area contributed by atoms with Crippen molar-refractivity contribution >= 4 is 21.9 Å². The lowest BCUT2D eigenvalue weighted by molar-refractivity contribution is -0.137. The largest absolute Gasteiger partial charge is 0.481 e. The van der Waals surface area contributed by atoms with Gasteiger partial charge >= 0.3 is 5.97 Å². The normalized spacial score (nSPS) is 17.0. The van der Waals surface area contributed by atoms with Crippen molar-refractivity contribution in [2.75, 3.05) is 13.1 Å². The minimum absolute atomic E-state index is 0.0774. The van der Waals surface area contributed by atoms with Gasteiger partial charge in [0, 0.05) is 19.1 Å². The molecule has 0 radical (unpaired) electrons. The van der Waals surface area contributed by atoms with E-state index >= 15 is 0 Å². The molecular formula is C17H24N2O5S. The predicted molar refractivity (Wildman–Crippen MR) is 92.6 cm³/mol. The Morgan fingerprint density at radius 1 is 1.16 bits per heavy atom. The van der Waals surface area contributed by atoms with Gasteiger partial charge in [0.1, 0.15) is 0 Å². The fourth-order valence-electron chi connectivity index (χ4n) is 2.86. The minimum atomic E-state index is -3.47. The molecule has 0 saturated carbocycles. The summed E-state index contributed by atoms with van der Waals surface area (Å²) in [5.41, 5.74) is 0.678. The number of carbonyl (C=O) groups excluding carboxylic acids is 1. The van der Waals surface area contributed by atoms with Crippen molar-refractivity contribution in [2.45, 2.75) is 50.0 Å². The maximum Gasteiger partial charge on any atom is 0.305 e. The van der Waals surface area contributed by atoms with E-state index in [1.54, 1.807) is 19.1 Å². The highest BCUT2D eigenvalue weighted by Crippen LogP contribution is 2.21. The maximum atomic E-state index is 12.6. The summed E-state index contributed by atoms with van der Waals surface area (Å²) in [5, 5.41) is 11.3. The van der Waals surface area contributed by atoms with Crippen molar-refractivity contribution in [1.29, 1.82) is 0 Å². The molecule has 8 heteroatoms. The Labute approximate surface area is 148 Å². The first kappa shape index (κ1) is 19.4. The van der Waals surface area contributed by atoms with Crippen molar-refractivity contribution in [3.05, 3.63) is 29.8 Å². The first-order chi connectivity index (χ1) is 11.8. The highest BCUT2D eigenvalue weighted by Gasteiger charge is 2.25. The minimum Gasteiger partial charge on any atom is -0.481 e. The summed E-state index contributed by atoms with van der Waals surface area (Å²) in [6, 6.07) is 5.83. The molecule has 1 atom stereocenters. The number of nitrogens with one attached hydrogen (secondary N) is 1. The topological polar surface area (TPSA) is 104 Å². The molecule has 0 spiro atoms. The number of carboxylic acids is 1. The number of amides is 1. The molecule has 1 fully saturated rings. The monoisotopic (exact) mass is 368 g/mol. The number of aliphatic carboxylic acids is 1. The van der Waals surface area contributed by atoms with E-state index < -0.39 is 22.0 Å². The third-order valence-corrected chi connectivity index (χ3v) is 6.04. The SMILES string of the molecule is CC(CC(=O)O)NC(=O)Cc1ccc(S(=O)(=O)N2CCCCC2)cc1. The zero-order valence-electron chi connectivity index (χ0n) is 14.3. The third-order valence-electron chi connectivity index (χ3n) is 4.13. The average molecular weight is 368 g/mol. The Morgan fingerprint density at radius 3 is 2.32 bits per heavy atom.